The summed E-state index contributed by atoms with van der Waals surface area (Å²) in [5, 5.41) is 11.0. The first kappa shape index (κ1) is 13.7. The van der Waals surface area contributed by atoms with Gasteiger partial charge in [-0.3, -0.25) is 9.20 Å². The minimum absolute atomic E-state index is 0.0110. The van der Waals surface area contributed by atoms with Crippen molar-refractivity contribution in [1.82, 2.24) is 19.9 Å². The van der Waals surface area contributed by atoms with Gasteiger partial charge in [0, 0.05) is 6.20 Å². The Morgan fingerprint density at radius 2 is 2.23 bits per heavy atom. The van der Waals surface area contributed by atoms with Crippen LogP contribution in [0.2, 0.25) is 0 Å². The molecule has 1 saturated carbocycles. The molecule has 3 heterocycles. The zero-order valence-electron chi connectivity index (χ0n) is 12.5. The van der Waals surface area contributed by atoms with Gasteiger partial charge in [-0.15, -0.1) is 10.2 Å². The average Bonchev–Trinajstić information content (AvgIpc) is 3.15. The quantitative estimate of drug-likeness (QED) is 0.920. The molecule has 1 aliphatic carbocycles. The van der Waals surface area contributed by atoms with Crippen molar-refractivity contribution < 1.29 is 9.53 Å². The molecule has 1 aliphatic heterocycles. The fraction of sp³-hybridized carbons (Fsp3) is 0.562. The number of hydrogen-bond donors (Lipinski definition) is 1. The van der Waals surface area contributed by atoms with Crippen molar-refractivity contribution in [3.63, 3.8) is 0 Å². The van der Waals surface area contributed by atoms with Gasteiger partial charge in [0.1, 0.15) is 6.33 Å². The minimum Gasteiger partial charge on any atom is -0.373 e. The van der Waals surface area contributed by atoms with Crippen molar-refractivity contribution >= 4 is 11.6 Å². The zero-order valence-corrected chi connectivity index (χ0v) is 12.5. The second kappa shape index (κ2) is 5.35. The Morgan fingerprint density at radius 1 is 1.36 bits per heavy atom. The number of amides is 1. The Balaban J connectivity index is 1.47. The molecule has 4 rings (SSSR count). The fourth-order valence-electron chi connectivity index (χ4n) is 3.77. The maximum atomic E-state index is 12.5. The molecule has 6 heteroatoms. The van der Waals surface area contributed by atoms with E-state index in [1.54, 1.807) is 16.8 Å². The van der Waals surface area contributed by atoms with Crippen LogP contribution in [0.4, 0.5) is 0 Å². The molecule has 0 unspecified atom stereocenters. The number of ether oxygens (including phenoxy) is 1. The van der Waals surface area contributed by atoms with E-state index in [9.17, 15) is 4.79 Å². The molecule has 2 fully saturated rings. The Bertz CT molecular complexity index is 690. The standard InChI is InChI=1S/C16H20N4O2/c21-15(13-5-4-8-20-11-17-19-14(13)20)18-12-9-16(22-10-12)6-2-1-3-7-16/h4-5,8,11-12H,1-3,6-7,9-10H2,(H,18,21)/t12-/m0/s1. The van der Waals surface area contributed by atoms with Gasteiger partial charge in [0.2, 0.25) is 0 Å². The highest BCUT2D eigenvalue weighted by Crippen LogP contribution is 2.39. The summed E-state index contributed by atoms with van der Waals surface area (Å²) in [6, 6.07) is 3.71. The molecule has 0 radical (unpaired) electrons. The SMILES string of the molecule is O=C(N[C@@H]1COC2(CCCCC2)C1)c1cccn2cnnc12. The third-order valence-corrected chi connectivity index (χ3v) is 4.88. The summed E-state index contributed by atoms with van der Waals surface area (Å²) in [6.45, 7) is 0.613. The molecular formula is C16H20N4O2. The van der Waals surface area contributed by atoms with Gasteiger partial charge in [-0.2, -0.15) is 0 Å². The van der Waals surface area contributed by atoms with Crippen molar-refractivity contribution in [3.05, 3.63) is 30.2 Å². The predicted octanol–water partition coefficient (Wildman–Crippen LogP) is 1.95. The second-order valence-corrected chi connectivity index (χ2v) is 6.41. The molecule has 1 spiro atoms. The van der Waals surface area contributed by atoms with Gasteiger partial charge in [0.05, 0.1) is 23.8 Å². The van der Waals surface area contributed by atoms with Crippen LogP contribution in [0.3, 0.4) is 0 Å². The van der Waals surface area contributed by atoms with Gasteiger partial charge in [0.15, 0.2) is 5.65 Å². The summed E-state index contributed by atoms with van der Waals surface area (Å²) in [5.41, 5.74) is 1.16. The number of carbonyl (C=O) groups excluding carboxylic acids is 1. The molecule has 22 heavy (non-hydrogen) atoms. The summed E-state index contributed by atoms with van der Waals surface area (Å²) in [7, 11) is 0. The van der Waals surface area contributed by atoms with Gasteiger partial charge in [-0.1, -0.05) is 19.3 Å². The fourth-order valence-corrected chi connectivity index (χ4v) is 3.77. The molecule has 2 aromatic rings. The summed E-state index contributed by atoms with van der Waals surface area (Å²) < 4.78 is 7.81. The van der Waals surface area contributed by atoms with Crippen LogP contribution < -0.4 is 5.32 Å². The molecule has 116 valence electrons. The first-order valence-electron chi connectivity index (χ1n) is 7.99. The maximum Gasteiger partial charge on any atom is 0.255 e. The zero-order chi connectivity index (χ0) is 15.0. The number of rotatable bonds is 2. The summed E-state index contributed by atoms with van der Waals surface area (Å²) in [6.07, 6.45) is 10.4. The van der Waals surface area contributed by atoms with Crippen molar-refractivity contribution in [2.24, 2.45) is 0 Å². The lowest BCUT2D eigenvalue weighted by Gasteiger charge is -2.32. The smallest absolute Gasteiger partial charge is 0.255 e. The maximum absolute atomic E-state index is 12.5. The lowest BCUT2D eigenvalue weighted by molar-refractivity contribution is -0.0246. The van der Waals surface area contributed by atoms with E-state index in [1.165, 1.54) is 19.3 Å². The van der Waals surface area contributed by atoms with E-state index in [0.29, 0.717) is 17.8 Å². The first-order chi connectivity index (χ1) is 10.8. The molecule has 1 atom stereocenters. The number of aromatic nitrogens is 3. The van der Waals surface area contributed by atoms with E-state index in [2.05, 4.69) is 15.5 Å². The second-order valence-electron chi connectivity index (χ2n) is 6.41. The Labute approximate surface area is 128 Å². The highest BCUT2D eigenvalue weighted by molar-refractivity contribution is 5.99. The van der Waals surface area contributed by atoms with Crippen molar-refractivity contribution in [3.8, 4) is 0 Å². The highest BCUT2D eigenvalue weighted by Gasteiger charge is 2.41. The number of hydrogen-bond acceptors (Lipinski definition) is 4. The molecule has 1 saturated heterocycles. The van der Waals surface area contributed by atoms with Gasteiger partial charge in [0.25, 0.3) is 5.91 Å². The van der Waals surface area contributed by atoms with E-state index >= 15 is 0 Å². The predicted molar refractivity (Wildman–Crippen MR) is 80.6 cm³/mol. The minimum atomic E-state index is -0.0972. The van der Waals surface area contributed by atoms with Crippen LogP contribution in [-0.2, 0) is 4.74 Å². The highest BCUT2D eigenvalue weighted by atomic mass is 16.5. The number of nitrogens with zero attached hydrogens (tertiary/aromatic N) is 3. The number of nitrogens with one attached hydrogen (secondary N) is 1. The van der Waals surface area contributed by atoms with Crippen LogP contribution in [-0.4, -0.2) is 38.8 Å². The average molecular weight is 300 g/mol. The topological polar surface area (TPSA) is 68.5 Å². The van der Waals surface area contributed by atoms with Gasteiger partial charge >= 0.3 is 0 Å². The van der Waals surface area contributed by atoms with E-state index in [0.717, 1.165) is 19.3 Å². The number of fused-ring (bicyclic) bond motifs is 1. The van der Waals surface area contributed by atoms with Crippen LogP contribution in [0.25, 0.3) is 5.65 Å². The molecule has 1 amide bonds. The molecular weight excluding hydrogens is 280 g/mol. The van der Waals surface area contributed by atoms with Crippen LogP contribution in [0.1, 0.15) is 48.9 Å². The van der Waals surface area contributed by atoms with E-state index in [-0.39, 0.29) is 17.6 Å². The Kier molecular flexibility index (Phi) is 3.33. The van der Waals surface area contributed by atoms with Crippen LogP contribution in [0, 0.1) is 0 Å². The van der Waals surface area contributed by atoms with Gasteiger partial charge < -0.3 is 10.1 Å². The van der Waals surface area contributed by atoms with Crippen molar-refractivity contribution in [1.29, 1.82) is 0 Å². The summed E-state index contributed by atoms with van der Waals surface area (Å²) in [5.74, 6) is -0.0972. The third-order valence-electron chi connectivity index (χ3n) is 4.88. The normalized spacial score (nSPS) is 23.9. The number of carbonyl (C=O) groups is 1. The molecule has 2 aliphatic rings. The summed E-state index contributed by atoms with van der Waals surface area (Å²) in [4.78, 5) is 12.5. The van der Waals surface area contributed by atoms with Crippen LogP contribution in [0.15, 0.2) is 24.7 Å². The monoisotopic (exact) mass is 300 g/mol. The lowest BCUT2D eigenvalue weighted by atomic mass is 9.82. The van der Waals surface area contributed by atoms with Crippen LogP contribution in [0.5, 0.6) is 0 Å². The molecule has 0 bridgehead atoms. The summed E-state index contributed by atoms with van der Waals surface area (Å²) >= 11 is 0. The first-order valence-corrected chi connectivity index (χ1v) is 7.99. The number of pyridine rings is 1. The van der Waals surface area contributed by atoms with E-state index in [4.69, 9.17) is 4.74 Å². The Morgan fingerprint density at radius 3 is 3.09 bits per heavy atom. The Hall–Kier alpha value is -1.95. The molecule has 1 N–H and O–H groups in total. The van der Waals surface area contributed by atoms with Crippen molar-refractivity contribution in [2.75, 3.05) is 6.61 Å². The lowest BCUT2D eigenvalue weighted by Crippen LogP contribution is -2.37. The molecule has 0 aromatic carbocycles. The van der Waals surface area contributed by atoms with E-state index < -0.39 is 0 Å². The van der Waals surface area contributed by atoms with E-state index in [1.807, 2.05) is 12.3 Å². The van der Waals surface area contributed by atoms with Gasteiger partial charge in [-0.25, -0.2) is 0 Å². The molecule has 2 aromatic heterocycles. The third kappa shape index (κ3) is 2.37. The van der Waals surface area contributed by atoms with Crippen molar-refractivity contribution in [2.45, 2.75) is 50.2 Å². The molecule has 6 nitrogen and oxygen atoms in total. The largest absolute Gasteiger partial charge is 0.373 e. The van der Waals surface area contributed by atoms with Gasteiger partial charge in [-0.05, 0) is 31.4 Å². The van der Waals surface area contributed by atoms with Crippen LogP contribution >= 0.6 is 0 Å².